The van der Waals surface area contributed by atoms with Crippen LogP contribution in [0.25, 0.3) is 0 Å². The van der Waals surface area contributed by atoms with Gasteiger partial charge >= 0.3 is 0 Å². The zero-order valence-corrected chi connectivity index (χ0v) is 19.2. The number of likely N-dealkylation sites (N-methyl/N-ethyl adjacent to an activating group) is 2. The molecule has 1 aromatic rings. The van der Waals surface area contributed by atoms with E-state index in [1.807, 2.05) is 37.3 Å². The van der Waals surface area contributed by atoms with Crippen molar-refractivity contribution in [3.8, 4) is 0 Å². The molecule has 0 radical (unpaired) electrons. The number of nitrogens with zero attached hydrogens (tertiary/aromatic N) is 2. The van der Waals surface area contributed by atoms with Crippen LogP contribution in [0.15, 0.2) is 77.8 Å². The lowest BCUT2D eigenvalue weighted by Crippen LogP contribution is -2.37. The number of rotatable bonds is 14. The molecule has 0 unspecified atom stereocenters. The first-order valence-corrected chi connectivity index (χ1v) is 10.8. The van der Waals surface area contributed by atoms with Crippen LogP contribution >= 0.6 is 0 Å². The summed E-state index contributed by atoms with van der Waals surface area (Å²) in [6, 6.07) is 9.90. The minimum Gasteiger partial charge on any atom is -0.391 e. The zero-order valence-electron chi connectivity index (χ0n) is 19.2. The highest BCUT2D eigenvalue weighted by molar-refractivity contribution is 6.04. The van der Waals surface area contributed by atoms with E-state index in [0.717, 1.165) is 17.7 Å². The summed E-state index contributed by atoms with van der Waals surface area (Å²) in [6.45, 7) is 7.29. The lowest BCUT2D eigenvalue weighted by Gasteiger charge is -2.25. The third kappa shape index (κ3) is 7.76. The molecular weight excluding hydrogens is 420 g/mol. The van der Waals surface area contributed by atoms with Crippen LogP contribution in [-0.4, -0.2) is 66.3 Å². The van der Waals surface area contributed by atoms with Crippen molar-refractivity contribution < 1.29 is 19.5 Å². The molecule has 8 nitrogen and oxygen atoms in total. The predicted molar refractivity (Wildman–Crippen MR) is 127 cm³/mol. The molecule has 0 aliphatic heterocycles. The number of amides is 2. The molecule has 0 saturated heterocycles. The van der Waals surface area contributed by atoms with E-state index < -0.39 is 6.61 Å². The summed E-state index contributed by atoms with van der Waals surface area (Å²) >= 11 is 0. The van der Waals surface area contributed by atoms with Crippen molar-refractivity contribution in [2.24, 2.45) is 0 Å². The van der Waals surface area contributed by atoms with Gasteiger partial charge < -0.3 is 25.5 Å². The molecule has 0 aromatic heterocycles. The Balaban J connectivity index is 1.91. The minimum atomic E-state index is -0.421. The van der Waals surface area contributed by atoms with E-state index in [1.54, 1.807) is 24.1 Å². The second kappa shape index (κ2) is 13.0. The molecular formula is C25H32N4O4. The van der Waals surface area contributed by atoms with Gasteiger partial charge in [-0.25, -0.2) is 0 Å². The van der Waals surface area contributed by atoms with Gasteiger partial charge in [-0.15, -0.1) is 0 Å². The molecule has 0 atom stereocenters. The van der Waals surface area contributed by atoms with Crippen molar-refractivity contribution in [1.82, 2.24) is 20.4 Å². The van der Waals surface area contributed by atoms with Gasteiger partial charge in [-0.3, -0.25) is 14.4 Å². The molecule has 0 heterocycles. The minimum absolute atomic E-state index is 0.0000455. The maximum Gasteiger partial charge on any atom is 0.251 e. The van der Waals surface area contributed by atoms with E-state index in [-0.39, 0.29) is 17.3 Å². The lowest BCUT2D eigenvalue weighted by molar-refractivity contribution is -0.127. The van der Waals surface area contributed by atoms with Crippen LogP contribution in [0, 0.1) is 0 Å². The van der Waals surface area contributed by atoms with Crippen LogP contribution < -0.4 is 10.6 Å². The first-order chi connectivity index (χ1) is 15.9. The summed E-state index contributed by atoms with van der Waals surface area (Å²) in [5, 5.41) is 15.9. The highest BCUT2D eigenvalue weighted by Gasteiger charge is 2.27. The largest absolute Gasteiger partial charge is 0.391 e. The van der Waals surface area contributed by atoms with Crippen LogP contribution in [0.1, 0.15) is 18.9 Å². The quantitative estimate of drug-likeness (QED) is 0.225. The number of aliphatic hydroxyl groups is 1. The Hall–Kier alpha value is -3.65. The summed E-state index contributed by atoms with van der Waals surface area (Å²) in [5.41, 5.74) is 3.12. The standard InChI is InChI=1S/C25H32N4O4/c1-4-29(18-31)14-13-28(3)25(33)21(17-30)12-8-9-19(2)27-24-22(15-23(24)32)26-16-20-10-6-5-7-11-20/h5-12,18,26-27,30H,2,4,13-17H2,1,3H3/b9-8-,21-12+. The van der Waals surface area contributed by atoms with Gasteiger partial charge in [0.1, 0.15) is 5.70 Å². The van der Waals surface area contributed by atoms with Gasteiger partial charge in [0.25, 0.3) is 5.91 Å². The van der Waals surface area contributed by atoms with Crippen LogP contribution in [0.5, 0.6) is 0 Å². The maximum absolute atomic E-state index is 12.5. The maximum atomic E-state index is 12.5. The highest BCUT2D eigenvalue weighted by Crippen LogP contribution is 2.21. The first-order valence-electron chi connectivity index (χ1n) is 10.8. The van der Waals surface area contributed by atoms with Gasteiger partial charge in [-0.05, 0) is 18.6 Å². The summed E-state index contributed by atoms with van der Waals surface area (Å²) in [6.07, 6.45) is 5.82. The van der Waals surface area contributed by atoms with Crippen molar-refractivity contribution in [2.45, 2.75) is 19.9 Å². The van der Waals surface area contributed by atoms with Crippen LogP contribution in [0.2, 0.25) is 0 Å². The molecule has 3 N–H and O–H groups in total. The van der Waals surface area contributed by atoms with Gasteiger partial charge in [0, 0.05) is 50.2 Å². The third-order valence-corrected chi connectivity index (χ3v) is 5.22. The molecule has 8 heteroatoms. The summed E-state index contributed by atoms with van der Waals surface area (Å²) < 4.78 is 0. The number of Topliss-reactive ketones (excluding diaryl/α,β-unsaturated/α-hetero) is 1. The Kier molecular flexibility index (Phi) is 10.1. The van der Waals surface area contributed by atoms with Gasteiger partial charge in [0.2, 0.25) is 6.41 Å². The van der Waals surface area contributed by atoms with Gasteiger partial charge in [0.05, 0.1) is 13.0 Å². The molecule has 1 aliphatic rings. The molecule has 2 amide bonds. The first kappa shape index (κ1) is 25.6. The molecule has 0 spiro atoms. The van der Waals surface area contributed by atoms with E-state index in [4.69, 9.17) is 0 Å². The fourth-order valence-corrected chi connectivity index (χ4v) is 3.08. The molecule has 0 bridgehead atoms. The van der Waals surface area contributed by atoms with E-state index in [9.17, 15) is 19.5 Å². The number of benzene rings is 1. The Labute approximate surface area is 194 Å². The number of allylic oxidation sites excluding steroid dienone is 5. The van der Waals surface area contributed by atoms with Crippen LogP contribution in [0.3, 0.4) is 0 Å². The fourth-order valence-electron chi connectivity index (χ4n) is 3.08. The zero-order chi connectivity index (χ0) is 24.2. The molecule has 0 saturated carbocycles. The molecule has 0 fully saturated rings. The third-order valence-electron chi connectivity index (χ3n) is 5.22. The molecule has 1 aromatic carbocycles. The van der Waals surface area contributed by atoms with E-state index >= 15 is 0 Å². The highest BCUT2D eigenvalue weighted by atomic mass is 16.3. The van der Waals surface area contributed by atoms with Gasteiger partial charge in [-0.2, -0.15) is 0 Å². The Bertz CT molecular complexity index is 950. The smallest absolute Gasteiger partial charge is 0.251 e. The normalized spacial score (nSPS) is 13.5. The molecule has 176 valence electrons. The molecule has 33 heavy (non-hydrogen) atoms. The van der Waals surface area contributed by atoms with Gasteiger partial charge in [0.15, 0.2) is 5.78 Å². The fraction of sp³-hybridized carbons (Fsp3) is 0.320. The van der Waals surface area contributed by atoms with Crippen molar-refractivity contribution in [3.63, 3.8) is 0 Å². The second-order valence-electron chi connectivity index (χ2n) is 7.61. The van der Waals surface area contributed by atoms with E-state index in [1.165, 1.54) is 11.0 Å². The van der Waals surface area contributed by atoms with Crippen LogP contribution in [-0.2, 0) is 20.9 Å². The SMILES string of the molecule is C=C(/C=C\C=C(/CO)C(=O)N(C)CCN(C=O)CC)NC1=C(NCc2ccccc2)CC1=O. The van der Waals surface area contributed by atoms with Crippen molar-refractivity contribution >= 4 is 18.1 Å². The van der Waals surface area contributed by atoms with Crippen molar-refractivity contribution in [1.29, 1.82) is 0 Å². The Morgan fingerprint density at radius 3 is 2.58 bits per heavy atom. The number of nitrogens with one attached hydrogen (secondary N) is 2. The van der Waals surface area contributed by atoms with Crippen LogP contribution in [0.4, 0.5) is 0 Å². The van der Waals surface area contributed by atoms with Crippen molar-refractivity contribution in [3.05, 3.63) is 83.4 Å². The van der Waals surface area contributed by atoms with E-state index in [2.05, 4.69) is 17.2 Å². The summed E-state index contributed by atoms with van der Waals surface area (Å²) in [4.78, 5) is 38.4. The number of carbonyl (C=O) groups excluding carboxylic acids is 3. The number of ketones is 1. The number of hydrogen-bond acceptors (Lipinski definition) is 6. The monoisotopic (exact) mass is 452 g/mol. The number of carbonyl (C=O) groups is 3. The molecule has 2 rings (SSSR count). The summed E-state index contributed by atoms with van der Waals surface area (Å²) in [5.74, 6) is -0.327. The van der Waals surface area contributed by atoms with E-state index in [0.29, 0.717) is 44.0 Å². The predicted octanol–water partition coefficient (Wildman–Crippen LogP) is 1.48. The van der Waals surface area contributed by atoms with Crippen molar-refractivity contribution in [2.75, 3.05) is 33.3 Å². The molecule has 1 aliphatic carbocycles. The van der Waals surface area contributed by atoms with Gasteiger partial charge in [-0.1, -0.05) is 49.1 Å². The average molecular weight is 453 g/mol. The number of hydrogen-bond donors (Lipinski definition) is 3. The number of aliphatic hydroxyl groups excluding tert-OH is 1. The second-order valence-corrected chi connectivity index (χ2v) is 7.61. The Morgan fingerprint density at radius 1 is 1.24 bits per heavy atom. The average Bonchev–Trinajstić information content (AvgIpc) is 2.83. The topological polar surface area (TPSA) is 102 Å². The Morgan fingerprint density at radius 2 is 1.97 bits per heavy atom. The summed E-state index contributed by atoms with van der Waals surface area (Å²) in [7, 11) is 1.62. The lowest BCUT2D eigenvalue weighted by atomic mass is 9.98.